The van der Waals surface area contributed by atoms with E-state index < -0.39 is 5.97 Å². The minimum absolute atomic E-state index is 0.0730. The van der Waals surface area contributed by atoms with Gasteiger partial charge in [-0.1, -0.05) is 0 Å². The first-order valence-electron chi connectivity index (χ1n) is 8.34. The van der Waals surface area contributed by atoms with Gasteiger partial charge in [0.25, 0.3) is 5.56 Å². The number of H-pyrrole nitrogens is 1. The molecule has 9 nitrogen and oxygen atoms in total. The molecule has 138 valence electrons. The van der Waals surface area contributed by atoms with Crippen molar-refractivity contribution in [2.24, 2.45) is 0 Å². The van der Waals surface area contributed by atoms with Gasteiger partial charge in [0.1, 0.15) is 6.54 Å². The first-order chi connectivity index (χ1) is 11.9. The molecule has 0 saturated carbocycles. The van der Waals surface area contributed by atoms with Crippen molar-refractivity contribution >= 4 is 17.8 Å². The monoisotopic (exact) mass is 352 g/mol. The molecule has 0 aromatic carbocycles. The maximum Gasteiger partial charge on any atom is 0.323 e. The molecule has 0 unspecified atom stereocenters. The maximum absolute atomic E-state index is 12.4. The summed E-state index contributed by atoms with van der Waals surface area (Å²) < 4.78 is 5.29. The Bertz CT molecular complexity index is 682. The number of nitrogens with zero attached hydrogens (tertiary/aromatic N) is 3. The highest BCUT2D eigenvalue weighted by Gasteiger charge is 2.19. The number of carbonyl (C=O) groups excluding carboxylic acids is 1. The largest absolute Gasteiger partial charge is 0.480 e. The minimum atomic E-state index is -1.05. The summed E-state index contributed by atoms with van der Waals surface area (Å²) in [7, 11) is 0. The number of amides is 1. The topological polar surface area (TPSA) is 116 Å². The lowest BCUT2D eigenvalue weighted by molar-refractivity contribution is -0.144. The first-order valence-corrected chi connectivity index (χ1v) is 8.34. The number of carboxylic acid groups (broad SMARTS) is 1. The summed E-state index contributed by atoms with van der Waals surface area (Å²) in [6, 6.07) is 0. The van der Waals surface area contributed by atoms with Crippen LogP contribution in [0.1, 0.15) is 24.6 Å². The molecule has 1 aliphatic rings. The summed E-state index contributed by atoms with van der Waals surface area (Å²) in [5.74, 6) is -0.830. The number of hydrogen-bond acceptors (Lipinski definition) is 6. The third kappa shape index (κ3) is 5.02. The molecule has 2 heterocycles. The number of aryl methyl sites for hydroxylation is 1. The molecule has 1 amide bonds. The van der Waals surface area contributed by atoms with E-state index in [0.29, 0.717) is 50.1 Å². The van der Waals surface area contributed by atoms with E-state index in [4.69, 9.17) is 9.84 Å². The van der Waals surface area contributed by atoms with Crippen LogP contribution in [0.4, 0.5) is 5.95 Å². The van der Waals surface area contributed by atoms with E-state index in [0.717, 1.165) is 0 Å². The maximum atomic E-state index is 12.4. The van der Waals surface area contributed by atoms with Gasteiger partial charge in [0.05, 0.1) is 13.2 Å². The van der Waals surface area contributed by atoms with Crippen LogP contribution >= 0.6 is 0 Å². The highest BCUT2D eigenvalue weighted by molar-refractivity contribution is 5.81. The number of anilines is 1. The second-order valence-electron chi connectivity index (χ2n) is 5.85. The lowest BCUT2D eigenvalue weighted by Gasteiger charge is -2.27. The van der Waals surface area contributed by atoms with Crippen LogP contribution in [0, 0.1) is 6.92 Å². The average molecular weight is 352 g/mol. The number of carboxylic acids is 1. The first kappa shape index (κ1) is 18.9. The number of ether oxygens (including phenoxy) is 1. The predicted octanol–water partition coefficient (Wildman–Crippen LogP) is -0.219. The summed E-state index contributed by atoms with van der Waals surface area (Å²) in [6.45, 7) is 5.96. The van der Waals surface area contributed by atoms with E-state index in [1.54, 1.807) is 13.8 Å². The molecular formula is C16H24N4O5. The molecule has 25 heavy (non-hydrogen) atoms. The fourth-order valence-electron chi connectivity index (χ4n) is 2.74. The van der Waals surface area contributed by atoms with E-state index in [2.05, 4.69) is 9.97 Å². The Morgan fingerprint density at radius 1 is 1.36 bits per heavy atom. The quantitative estimate of drug-likeness (QED) is 0.697. The molecule has 2 N–H and O–H groups in total. The minimum Gasteiger partial charge on any atom is -0.480 e. The van der Waals surface area contributed by atoms with Crippen molar-refractivity contribution in [2.45, 2.75) is 26.7 Å². The van der Waals surface area contributed by atoms with Crippen molar-refractivity contribution in [1.29, 1.82) is 0 Å². The number of aromatic nitrogens is 2. The number of aromatic amines is 1. The van der Waals surface area contributed by atoms with E-state index in [-0.39, 0.29) is 30.9 Å². The van der Waals surface area contributed by atoms with E-state index in [1.165, 1.54) is 4.90 Å². The SMILES string of the molecule is CCN(CC(=O)O)C(=O)CCc1c(C)nc(N2CCOCC2)[nH]c1=O. The Hall–Kier alpha value is -2.42. The third-order valence-corrected chi connectivity index (χ3v) is 4.17. The van der Waals surface area contributed by atoms with Gasteiger partial charge in [-0.15, -0.1) is 0 Å². The van der Waals surface area contributed by atoms with Gasteiger partial charge < -0.3 is 19.6 Å². The molecule has 0 radical (unpaired) electrons. The zero-order valence-electron chi connectivity index (χ0n) is 14.6. The van der Waals surface area contributed by atoms with Crippen LogP contribution < -0.4 is 10.5 Å². The third-order valence-electron chi connectivity index (χ3n) is 4.17. The molecule has 1 aliphatic heterocycles. The van der Waals surface area contributed by atoms with Gasteiger partial charge in [-0.05, 0) is 20.3 Å². The molecule has 1 aromatic heterocycles. The molecule has 0 aliphatic carbocycles. The lowest BCUT2D eigenvalue weighted by atomic mass is 10.1. The van der Waals surface area contributed by atoms with Crippen molar-refractivity contribution in [1.82, 2.24) is 14.9 Å². The van der Waals surface area contributed by atoms with Gasteiger partial charge in [0.2, 0.25) is 11.9 Å². The Kier molecular flexibility index (Phi) is 6.51. The Labute approximate surface area is 145 Å². The van der Waals surface area contributed by atoms with Crippen molar-refractivity contribution in [3.63, 3.8) is 0 Å². The number of aliphatic carboxylic acids is 1. The van der Waals surface area contributed by atoms with Gasteiger partial charge >= 0.3 is 5.97 Å². The molecule has 0 atom stereocenters. The van der Waals surface area contributed by atoms with Crippen LogP contribution in [-0.2, 0) is 20.7 Å². The smallest absolute Gasteiger partial charge is 0.323 e. The molecule has 9 heteroatoms. The Morgan fingerprint density at radius 3 is 2.60 bits per heavy atom. The summed E-state index contributed by atoms with van der Waals surface area (Å²) in [5, 5.41) is 8.82. The van der Waals surface area contributed by atoms with Gasteiger partial charge in [-0.3, -0.25) is 19.4 Å². The number of likely N-dealkylation sites (N-methyl/N-ethyl adjacent to an activating group) is 1. The summed E-state index contributed by atoms with van der Waals surface area (Å²) in [5.41, 5.74) is 0.777. The van der Waals surface area contributed by atoms with Crippen LogP contribution in [0.15, 0.2) is 4.79 Å². The van der Waals surface area contributed by atoms with Crippen LogP contribution in [0.3, 0.4) is 0 Å². The molecular weight excluding hydrogens is 328 g/mol. The Balaban J connectivity index is 2.05. The molecule has 1 fully saturated rings. The number of morpholine rings is 1. The second kappa shape index (κ2) is 8.61. The fourth-order valence-corrected chi connectivity index (χ4v) is 2.74. The zero-order chi connectivity index (χ0) is 18.4. The van der Waals surface area contributed by atoms with E-state index in [9.17, 15) is 14.4 Å². The van der Waals surface area contributed by atoms with Crippen molar-refractivity contribution in [3.05, 3.63) is 21.6 Å². The van der Waals surface area contributed by atoms with E-state index in [1.807, 2.05) is 4.90 Å². The van der Waals surface area contributed by atoms with Crippen molar-refractivity contribution in [3.8, 4) is 0 Å². The summed E-state index contributed by atoms with van der Waals surface area (Å²) >= 11 is 0. The normalized spacial score (nSPS) is 14.4. The fraction of sp³-hybridized carbons (Fsp3) is 0.625. The van der Waals surface area contributed by atoms with Crippen LogP contribution in [0.2, 0.25) is 0 Å². The molecule has 1 saturated heterocycles. The van der Waals surface area contributed by atoms with Crippen molar-refractivity contribution < 1.29 is 19.4 Å². The molecule has 0 spiro atoms. The molecule has 1 aromatic rings. The standard InChI is InChI=1S/C16H24N4O5/c1-3-19(10-14(22)23)13(21)5-4-12-11(2)17-16(18-15(12)24)20-6-8-25-9-7-20/h3-10H2,1-2H3,(H,22,23)(H,17,18,24). The van der Waals surface area contributed by atoms with E-state index >= 15 is 0 Å². The summed E-state index contributed by atoms with van der Waals surface area (Å²) in [4.78, 5) is 45.7. The number of rotatable bonds is 7. The average Bonchev–Trinajstić information content (AvgIpc) is 2.59. The van der Waals surface area contributed by atoms with Crippen molar-refractivity contribution in [2.75, 3.05) is 44.3 Å². The number of nitrogens with one attached hydrogen (secondary N) is 1. The highest BCUT2D eigenvalue weighted by atomic mass is 16.5. The Morgan fingerprint density at radius 2 is 2.04 bits per heavy atom. The number of carbonyl (C=O) groups is 2. The molecule has 0 bridgehead atoms. The zero-order valence-corrected chi connectivity index (χ0v) is 14.6. The number of hydrogen-bond donors (Lipinski definition) is 2. The highest BCUT2D eigenvalue weighted by Crippen LogP contribution is 2.11. The van der Waals surface area contributed by atoms with Gasteiger partial charge in [0.15, 0.2) is 0 Å². The van der Waals surface area contributed by atoms with Gasteiger partial charge in [-0.25, -0.2) is 4.98 Å². The lowest BCUT2D eigenvalue weighted by Crippen LogP contribution is -2.39. The predicted molar refractivity (Wildman–Crippen MR) is 90.8 cm³/mol. The van der Waals surface area contributed by atoms with Gasteiger partial charge in [-0.2, -0.15) is 0 Å². The van der Waals surface area contributed by atoms with Gasteiger partial charge in [0, 0.05) is 37.3 Å². The summed E-state index contributed by atoms with van der Waals surface area (Å²) in [6.07, 6.45) is 0.302. The van der Waals surface area contributed by atoms with Crippen LogP contribution in [0.5, 0.6) is 0 Å². The van der Waals surface area contributed by atoms with Crippen LogP contribution in [-0.4, -0.2) is 71.2 Å². The molecule has 2 rings (SSSR count). The van der Waals surface area contributed by atoms with Crippen LogP contribution in [0.25, 0.3) is 0 Å². The second-order valence-corrected chi connectivity index (χ2v) is 5.85.